The summed E-state index contributed by atoms with van der Waals surface area (Å²) in [6.45, 7) is 2.60. The number of unbranched alkanes of at least 4 members (excludes halogenated alkanes) is 1. The fourth-order valence-corrected chi connectivity index (χ4v) is 2.91. The lowest BCUT2D eigenvalue weighted by atomic mass is 10.1. The molecule has 0 saturated carbocycles. The minimum Gasteiger partial charge on any atom is -0.478 e. The Balaban J connectivity index is 1.90. The third-order valence-corrected chi connectivity index (χ3v) is 4.53. The van der Waals surface area contributed by atoms with Crippen LogP contribution in [0, 0.1) is 5.82 Å². The second kappa shape index (κ2) is 9.98. The van der Waals surface area contributed by atoms with E-state index in [0.29, 0.717) is 17.8 Å². The van der Waals surface area contributed by atoms with E-state index < -0.39 is 11.7 Å². The molecule has 0 saturated heterocycles. The summed E-state index contributed by atoms with van der Waals surface area (Å²) in [4.78, 5) is 16.4. The molecular formula is C22H21ClFN3O2. The fraction of sp³-hybridized carbons (Fsp3) is 0.227. The van der Waals surface area contributed by atoms with Crippen molar-refractivity contribution in [3.8, 4) is 11.6 Å². The molecule has 2 aromatic carbocycles. The van der Waals surface area contributed by atoms with Crippen LogP contribution >= 0.6 is 11.6 Å². The molecule has 1 aromatic heterocycles. The van der Waals surface area contributed by atoms with Gasteiger partial charge in [0.05, 0.1) is 30.3 Å². The molecule has 0 spiro atoms. The first kappa shape index (κ1) is 20.7. The number of nitrogens with zero attached hydrogens (tertiary/aromatic N) is 3. The summed E-state index contributed by atoms with van der Waals surface area (Å²) >= 11 is 5.99. The van der Waals surface area contributed by atoms with Crippen LogP contribution in [0.5, 0.6) is 5.88 Å². The SMILES string of the molecule is CCCCOc1cc(=NC(=O)Cc2c(F)cccc2Cl)cnn1-c1ccccc1. The minimum atomic E-state index is -0.530. The molecule has 0 fully saturated rings. The van der Waals surface area contributed by atoms with E-state index in [2.05, 4.69) is 17.0 Å². The van der Waals surface area contributed by atoms with Crippen molar-refractivity contribution < 1.29 is 13.9 Å². The Morgan fingerprint density at radius 3 is 2.72 bits per heavy atom. The first-order chi connectivity index (χ1) is 14.1. The zero-order valence-electron chi connectivity index (χ0n) is 16.0. The highest BCUT2D eigenvalue weighted by Crippen LogP contribution is 2.20. The second-order valence-corrected chi connectivity index (χ2v) is 6.79. The minimum absolute atomic E-state index is 0.130. The summed E-state index contributed by atoms with van der Waals surface area (Å²) in [5.41, 5.74) is 0.959. The first-order valence-corrected chi connectivity index (χ1v) is 9.74. The van der Waals surface area contributed by atoms with Gasteiger partial charge in [-0.25, -0.2) is 14.1 Å². The van der Waals surface area contributed by atoms with E-state index >= 15 is 0 Å². The summed E-state index contributed by atoms with van der Waals surface area (Å²) in [6, 6.07) is 15.5. The van der Waals surface area contributed by atoms with Gasteiger partial charge < -0.3 is 4.74 Å². The summed E-state index contributed by atoms with van der Waals surface area (Å²) < 4.78 is 21.4. The van der Waals surface area contributed by atoms with Crippen LogP contribution in [0.25, 0.3) is 5.69 Å². The number of rotatable bonds is 7. The van der Waals surface area contributed by atoms with Crippen molar-refractivity contribution in [3.05, 3.63) is 82.6 Å². The van der Waals surface area contributed by atoms with Crippen molar-refractivity contribution in [2.45, 2.75) is 26.2 Å². The summed E-state index contributed by atoms with van der Waals surface area (Å²) in [5, 5.41) is 4.90. The van der Waals surface area contributed by atoms with Crippen LogP contribution in [0.1, 0.15) is 25.3 Å². The second-order valence-electron chi connectivity index (χ2n) is 6.38. The molecule has 3 rings (SSSR count). The van der Waals surface area contributed by atoms with E-state index in [1.165, 1.54) is 18.3 Å². The quantitative estimate of drug-likeness (QED) is 0.535. The van der Waals surface area contributed by atoms with Gasteiger partial charge in [0, 0.05) is 16.7 Å². The summed E-state index contributed by atoms with van der Waals surface area (Å²) in [7, 11) is 0. The number of amides is 1. The third-order valence-electron chi connectivity index (χ3n) is 4.18. The Labute approximate surface area is 173 Å². The van der Waals surface area contributed by atoms with Gasteiger partial charge in [0.2, 0.25) is 5.88 Å². The Morgan fingerprint density at radius 2 is 2.00 bits per heavy atom. The van der Waals surface area contributed by atoms with Crippen LogP contribution in [0.3, 0.4) is 0 Å². The predicted octanol–water partition coefficient (Wildman–Crippen LogP) is 4.51. The van der Waals surface area contributed by atoms with Gasteiger partial charge in [-0.2, -0.15) is 5.10 Å². The molecule has 0 unspecified atom stereocenters. The molecule has 0 aliphatic rings. The molecule has 150 valence electrons. The third kappa shape index (κ3) is 5.51. The molecule has 29 heavy (non-hydrogen) atoms. The number of carbonyl (C=O) groups excluding carboxylic acids is 1. The van der Waals surface area contributed by atoms with Gasteiger partial charge >= 0.3 is 0 Å². The molecule has 1 heterocycles. The number of aromatic nitrogens is 2. The number of carbonyl (C=O) groups is 1. The normalized spacial score (nSPS) is 11.5. The van der Waals surface area contributed by atoms with Gasteiger partial charge in [-0.15, -0.1) is 0 Å². The molecule has 0 bridgehead atoms. The largest absolute Gasteiger partial charge is 0.478 e. The summed E-state index contributed by atoms with van der Waals surface area (Å²) in [6.07, 6.45) is 3.12. The van der Waals surface area contributed by atoms with E-state index in [-0.39, 0.29) is 17.0 Å². The van der Waals surface area contributed by atoms with Gasteiger partial charge in [0.15, 0.2) is 0 Å². The zero-order chi connectivity index (χ0) is 20.6. The number of ether oxygens (including phenoxy) is 1. The standard InChI is InChI=1S/C22H21ClFN3O2/c1-2-3-12-29-22-13-16(15-25-27(22)17-8-5-4-6-9-17)26-21(28)14-18-19(23)10-7-11-20(18)24/h4-11,13,15H,2-3,12,14H2,1H3. The highest BCUT2D eigenvalue weighted by Gasteiger charge is 2.12. The van der Waals surface area contributed by atoms with Crippen LogP contribution in [0.2, 0.25) is 5.02 Å². The van der Waals surface area contributed by atoms with Gasteiger partial charge in [-0.05, 0) is 30.7 Å². The van der Waals surface area contributed by atoms with E-state index in [1.54, 1.807) is 16.8 Å². The van der Waals surface area contributed by atoms with Gasteiger partial charge in [0.1, 0.15) is 5.82 Å². The lowest BCUT2D eigenvalue weighted by Gasteiger charge is -2.13. The van der Waals surface area contributed by atoms with Crippen molar-refractivity contribution in [2.75, 3.05) is 6.61 Å². The molecule has 0 N–H and O–H groups in total. The maximum atomic E-state index is 13.9. The smallest absolute Gasteiger partial charge is 0.250 e. The van der Waals surface area contributed by atoms with E-state index in [0.717, 1.165) is 18.5 Å². The van der Waals surface area contributed by atoms with Crippen molar-refractivity contribution >= 4 is 17.5 Å². The van der Waals surface area contributed by atoms with Gasteiger partial charge in [-0.1, -0.05) is 49.2 Å². The van der Waals surface area contributed by atoms with E-state index in [1.807, 2.05) is 30.3 Å². The molecule has 3 aromatic rings. The lowest BCUT2D eigenvalue weighted by molar-refractivity contribution is -0.117. The number of hydrogen-bond donors (Lipinski definition) is 0. The fourth-order valence-electron chi connectivity index (χ4n) is 2.68. The topological polar surface area (TPSA) is 56.5 Å². The molecule has 0 aliphatic heterocycles. The average Bonchev–Trinajstić information content (AvgIpc) is 2.72. The van der Waals surface area contributed by atoms with Crippen LogP contribution in [0.15, 0.2) is 65.8 Å². The van der Waals surface area contributed by atoms with Crippen molar-refractivity contribution in [2.24, 2.45) is 4.99 Å². The molecule has 0 atom stereocenters. The van der Waals surface area contributed by atoms with Crippen LogP contribution in [-0.2, 0) is 11.2 Å². The van der Waals surface area contributed by atoms with E-state index in [4.69, 9.17) is 16.3 Å². The Kier molecular flexibility index (Phi) is 7.14. The van der Waals surface area contributed by atoms with E-state index in [9.17, 15) is 9.18 Å². The summed E-state index contributed by atoms with van der Waals surface area (Å²) in [5.74, 6) is -0.573. The molecule has 0 aliphatic carbocycles. The van der Waals surface area contributed by atoms with Gasteiger partial charge in [0.25, 0.3) is 5.91 Å². The molecule has 7 heteroatoms. The highest BCUT2D eigenvalue weighted by molar-refractivity contribution is 6.31. The van der Waals surface area contributed by atoms with Crippen LogP contribution in [0.4, 0.5) is 4.39 Å². The lowest BCUT2D eigenvalue weighted by Crippen LogP contribution is -2.16. The van der Waals surface area contributed by atoms with Crippen LogP contribution in [-0.4, -0.2) is 22.3 Å². The Morgan fingerprint density at radius 1 is 1.21 bits per heavy atom. The zero-order valence-corrected chi connectivity index (χ0v) is 16.8. The predicted molar refractivity (Wildman–Crippen MR) is 110 cm³/mol. The molecular weight excluding hydrogens is 393 g/mol. The number of hydrogen-bond acceptors (Lipinski definition) is 3. The highest BCUT2D eigenvalue weighted by atomic mass is 35.5. The molecule has 1 amide bonds. The Hall–Kier alpha value is -2.99. The molecule has 5 nitrogen and oxygen atoms in total. The van der Waals surface area contributed by atoms with Crippen molar-refractivity contribution in [3.63, 3.8) is 0 Å². The van der Waals surface area contributed by atoms with Gasteiger partial charge in [-0.3, -0.25) is 4.79 Å². The maximum Gasteiger partial charge on any atom is 0.250 e. The number of halogens is 2. The average molecular weight is 414 g/mol. The van der Waals surface area contributed by atoms with Crippen molar-refractivity contribution in [1.82, 2.24) is 9.78 Å². The monoisotopic (exact) mass is 413 g/mol. The maximum absolute atomic E-state index is 13.9. The Bertz CT molecular complexity index is 1030. The van der Waals surface area contributed by atoms with Crippen LogP contribution < -0.4 is 10.1 Å². The first-order valence-electron chi connectivity index (χ1n) is 9.36. The number of benzene rings is 2. The van der Waals surface area contributed by atoms with Crippen molar-refractivity contribution in [1.29, 1.82) is 0 Å². The molecule has 0 radical (unpaired) electrons. The number of para-hydroxylation sites is 1.